The highest BCUT2D eigenvalue weighted by Crippen LogP contribution is 2.24. The maximum atomic E-state index is 12.3. The highest BCUT2D eigenvalue weighted by molar-refractivity contribution is 5.84. The fraction of sp³-hybridized carbons (Fsp3) is 0.529. The second-order valence-electron chi connectivity index (χ2n) is 6.13. The van der Waals surface area contributed by atoms with E-state index in [1.807, 2.05) is 39.0 Å². The zero-order valence-electron chi connectivity index (χ0n) is 13.3. The molecule has 1 heterocycles. The Labute approximate surface area is 130 Å². The van der Waals surface area contributed by atoms with Crippen LogP contribution >= 0.6 is 0 Å². The van der Waals surface area contributed by atoms with E-state index in [-0.39, 0.29) is 12.5 Å². The zero-order valence-corrected chi connectivity index (χ0v) is 13.3. The molecule has 2 unspecified atom stereocenters. The van der Waals surface area contributed by atoms with Crippen molar-refractivity contribution in [3.63, 3.8) is 0 Å². The van der Waals surface area contributed by atoms with E-state index in [9.17, 15) is 14.7 Å². The summed E-state index contributed by atoms with van der Waals surface area (Å²) in [6, 6.07) is 5.07. The second kappa shape index (κ2) is 6.81. The zero-order chi connectivity index (χ0) is 16.3. The maximum absolute atomic E-state index is 12.3. The van der Waals surface area contributed by atoms with Crippen LogP contribution < -0.4 is 4.74 Å². The van der Waals surface area contributed by atoms with Gasteiger partial charge in [0.2, 0.25) is 0 Å². The van der Waals surface area contributed by atoms with Crippen molar-refractivity contribution in [2.75, 3.05) is 13.2 Å². The van der Waals surface area contributed by atoms with Crippen LogP contribution in [-0.4, -0.2) is 41.1 Å². The lowest BCUT2D eigenvalue weighted by atomic mass is 9.92. The number of amides is 1. The first-order valence-electron chi connectivity index (χ1n) is 7.61. The summed E-state index contributed by atoms with van der Waals surface area (Å²) in [6.45, 7) is 6.25. The molecule has 5 heteroatoms. The van der Waals surface area contributed by atoms with Crippen LogP contribution in [0, 0.1) is 19.8 Å². The van der Waals surface area contributed by atoms with E-state index in [2.05, 4.69) is 0 Å². The molecule has 1 aromatic rings. The third kappa shape index (κ3) is 3.78. The molecule has 1 aromatic carbocycles. The van der Waals surface area contributed by atoms with E-state index < -0.39 is 12.0 Å². The molecule has 1 saturated heterocycles. The first-order chi connectivity index (χ1) is 10.4. The Morgan fingerprint density at radius 2 is 2.09 bits per heavy atom. The third-order valence-electron chi connectivity index (χ3n) is 4.16. The fourth-order valence-corrected chi connectivity index (χ4v) is 2.76. The van der Waals surface area contributed by atoms with E-state index in [0.717, 1.165) is 17.5 Å². The minimum absolute atomic E-state index is 0.123. The molecule has 1 N–H and O–H groups in total. The minimum atomic E-state index is -0.938. The maximum Gasteiger partial charge on any atom is 0.326 e. The number of nitrogens with zero attached hydrogens (tertiary/aromatic N) is 1. The number of piperidine rings is 1. The Hall–Kier alpha value is -2.04. The average Bonchev–Trinajstić information content (AvgIpc) is 2.47. The molecule has 1 amide bonds. The molecule has 22 heavy (non-hydrogen) atoms. The molecule has 1 aliphatic heterocycles. The molecule has 2 rings (SSSR count). The van der Waals surface area contributed by atoms with Crippen LogP contribution in [0.5, 0.6) is 5.75 Å². The van der Waals surface area contributed by atoms with Gasteiger partial charge in [-0.1, -0.05) is 19.1 Å². The molecule has 0 radical (unpaired) electrons. The van der Waals surface area contributed by atoms with Gasteiger partial charge in [-0.05, 0) is 49.8 Å². The summed E-state index contributed by atoms with van der Waals surface area (Å²) in [6.07, 6.45) is 1.34. The lowest BCUT2D eigenvalue weighted by Crippen LogP contribution is -2.51. The molecule has 0 saturated carbocycles. The molecular weight excluding hydrogens is 282 g/mol. The number of ether oxygens (including phenoxy) is 1. The summed E-state index contributed by atoms with van der Waals surface area (Å²) < 4.78 is 5.60. The van der Waals surface area contributed by atoms with Crippen molar-refractivity contribution in [2.45, 2.75) is 39.7 Å². The van der Waals surface area contributed by atoms with Crippen LogP contribution in [0.15, 0.2) is 18.2 Å². The van der Waals surface area contributed by atoms with Crippen molar-refractivity contribution >= 4 is 11.9 Å². The molecule has 5 nitrogen and oxygen atoms in total. The quantitative estimate of drug-likeness (QED) is 0.927. The Bertz CT molecular complexity index is 570. The largest absolute Gasteiger partial charge is 0.483 e. The van der Waals surface area contributed by atoms with Gasteiger partial charge in [-0.2, -0.15) is 0 Å². The first-order valence-corrected chi connectivity index (χ1v) is 7.61. The van der Waals surface area contributed by atoms with Crippen LogP contribution in [-0.2, 0) is 9.59 Å². The molecule has 0 aromatic heterocycles. The van der Waals surface area contributed by atoms with Crippen LogP contribution in [0.1, 0.15) is 30.9 Å². The number of likely N-dealkylation sites (tertiary alicyclic amines) is 1. The van der Waals surface area contributed by atoms with Crippen LogP contribution in [0.4, 0.5) is 0 Å². The van der Waals surface area contributed by atoms with Gasteiger partial charge in [0.1, 0.15) is 11.8 Å². The van der Waals surface area contributed by atoms with E-state index >= 15 is 0 Å². The van der Waals surface area contributed by atoms with Crippen molar-refractivity contribution in [3.8, 4) is 5.75 Å². The molecule has 120 valence electrons. The van der Waals surface area contributed by atoms with Gasteiger partial charge in [0.05, 0.1) is 0 Å². The smallest absolute Gasteiger partial charge is 0.326 e. The molecule has 2 atom stereocenters. The Morgan fingerprint density at radius 1 is 1.36 bits per heavy atom. The number of carboxylic acids is 1. The number of hydrogen-bond donors (Lipinski definition) is 1. The molecule has 1 fully saturated rings. The molecule has 1 aliphatic rings. The van der Waals surface area contributed by atoms with Crippen molar-refractivity contribution in [2.24, 2.45) is 5.92 Å². The second-order valence-corrected chi connectivity index (χ2v) is 6.13. The average molecular weight is 305 g/mol. The monoisotopic (exact) mass is 305 g/mol. The third-order valence-corrected chi connectivity index (χ3v) is 4.16. The van der Waals surface area contributed by atoms with Gasteiger partial charge in [0, 0.05) is 6.54 Å². The van der Waals surface area contributed by atoms with Gasteiger partial charge in [0.25, 0.3) is 5.91 Å². The predicted octanol–water partition coefficient (Wildman–Crippen LogP) is 2.39. The molecule has 0 spiro atoms. The summed E-state index contributed by atoms with van der Waals surface area (Å²) in [5.74, 6) is -0.206. The van der Waals surface area contributed by atoms with Crippen LogP contribution in [0.2, 0.25) is 0 Å². The summed E-state index contributed by atoms with van der Waals surface area (Å²) in [5.41, 5.74) is 2.02. The first kappa shape index (κ1) is 16.3. The Balaban J connectivity index is 2.01. The molecule has 0 bridgehead atoms. The Kier molecular flexibility index (Phi) is 5.06. The summed E-state index contributed by atoms with van der Waals surface area (Å²) in [7, 11) is 0. The number of carboxylic acid groups (broad SMARTS) is 1. The highest BCUT2D eigenvalue weighted by Gasteiger charge is 2.34. The number of hydrogen-bond acceptors (Lipinski definition) is 3. The van der Waals surface area contributed by atoms with Crippen molar-refractivity contribution < 1.29 is 19.4 Å². The number of carbonyl (C=O) groups excluding carboxylic acids is 1. The van der Waals surface area contributed by atoms with Crippen molar-refractivity contribution in [1.29, 1.82) is 0 Å². The number of aryl methyl sites for hydroxylation is 2. The number of carbonyl (C=O) groups is 2. The van der Waals surface area contributed by atoms with E-state index in [1.165, 1.54) is 4.90 Å². The van der Waals surface area contributed by atoms with E-state index in [4.69, 9.17) is 4.74 Å². The standard InChI is InChI=1S/C17H23NO4/c1-11-4-5-13(3)15(9-11)22-10-16(19)18-7-6-12(2)8-14(18)17(20)21/h4-5,9,12,14H,6-8,10H2,1-3H3,(H,20,21). The SMILES string of the molecule is Cc1ccc(C)c(OCC(=O)N2CCC(C)CC2C(=O)O)c1. The lowest BCUT2D eigenvalue weighted by molar-refractivity contribution is -0.153. The van der Waals surface area contributed by atoms with Crippen molar-refractivity contribution in [3.05, 3.63) is 29.3 Å². The van der Waals surface area contributed by atoms with E-state index in [1.54, 1.807) is 0 Å². The van der Waals surface area contributed by atoms with Gasteiger partial charge < -0.3 is 14.7 Å². The fourth-order valence-electron chi connectivity index (χ4n) is 2.76. The normalized spacial score (nSPS) is 21.5. The molecular formula is C17H23NO4. The minimum Gasteiger partial charge on any atom is -0.483 e. The lowest BCUT2D eigenvalue weighted by Gasteiger charge is -2.35. The van der Waals surface area contributed by atoms with Crippen molar-refractivity contribution in [1.82, 2.24) is 4.90 Å². The van der Waals surface area contributed by atoms with Gasteiger partial charge in [-0.15, -0.1) is 0 Å². The number of aliphatic carboxylic acids is 1. The topological polar surface area (TPSA) is 66.8 Å². The van der Waals surface area contributed by atoms with Gasteiger partial charge >= 0.3 is 5.97 Å². The summed E-state index contributed by atoms with van der Waals surface area (Å²) in [4.78, 5) is 25.1. The molecule has 0 aliphatic carbocycles. The van der Waals surface area contributed by atoms with E-state index in [0.29, 0.717) is 24.6 Å². The van der Waals surface area contributed by atoms with Crippen LogP contribution in [0.3, 0.4) is 0 Å². The highest BCUT2D eigenvalue weighted by atomic mass is 16.5. The number of benzene rings is 1. The summed E-state index contributed by atoms with van der Waals surface area (Å²) >= 11 is 0. The summed E-state index contributed by atoms with van der Waals surface area (Å²) in [5, 5.41) is 9.31. The van der Waals surface area contributed by atoms with Gasteiger partial charge in [-0.25, -0.2) is 4.79 Å². The van der Waals surface area contributed by atoms with Gasteiger partial charge in [-0.3, -0.25) is 4.79 Å². The van der Waals surface area contributed by atoms with Crippen LogP contribution in [0.25, 0.3) is 0 Å². The predicted molar refractivity (Wildman–Crippen MR) is 82.9 cm³/mol. The van der Waals surface area contributed by atoms with Gasteiger partial charge in [0.15, 0.2) is 6.61 Å². The Morgan fingerprint density at radius 3 is 2.77 bits per heavy atom. The number of rotatable bonds is 4.